The summed E-state index contributed by atoms with van der Waals surface area (Å²) in [6.07, 6.45) is 6.43. The van der Waals surface area contributed by atoms with E-state index in [1.54, 1.807) is 25.4 Å². The van der Waals surface area contributed by atoms with E-state index in [0.29, 0.717) is 29.9 Å². The number of nitrogens with one attached hydrogen (secondary N) is 2. The quantitative estimate of drug-likeness (QED) is 0.260. The zero-order valence-electron chi connectivity index (χ0n) is 19.2. The normalized spacial score (nSPS) is 11.5. The summed E-state index contributed by atoms with van der Waals surface area (Å²) in [5.41, 5.74) is 1.72. The van der Waals surface area contributed by atoms with E-state index in [-0.39, 0.29) is 0 Å². The molecule has 10 nitrogen and oxygen atoms in total. The number of anilines is 4. The third kappa shape index (κ3) is 6.02. The summed E-state index contributed by atoms with van der Waals surface area (Å²) in [5.74, 6) is 2.54. The Bertz CT molecular complexity index is 1210. The van der Waals surface area contributed by atoms with Crippen molar-refractivity contribution in [2.45, 2.75) is 32.4 Å². The summed E-state index contributed by atoms with van der Waals surface area (Å²) < 4.78 is 13.3. The van der Waals surface area contributed by atoms with Crippen molar-refractivity contribution in [2.75, 3.05) is 24.4 Å². The van der Waals surface area contributed by atoms with E-state index in [9.17, 15) is 0 Å². The van der Waals surface area contributed by atoms with Crippen molar-refractivity contribution in [1.29, 1.82) is 0 Å². The summed E-state index contributed by atoms with van der Waals surface area (Å²) >= 11 is 0. The number of hydrogen-bond acceptors (Lipinski definition) is 9. The Morgan fingerprint density at radius 2 is 1.76 bits per heavy atom. The molecule has 0 unspecified atom stereocenters. The molecule has 0 spiro atoms. The van der Waals surface area contributed by atoms with Crippen molar-refractivity contribution in [3.8, 4) is 5.75 Å². The molecule has 0 saturated heterocycles. The average molecular weight is 465 g/mol. The van der Waals surface area contributed by atoms with Crippen LogP contribution in [0, 0.1) is 0 Å². The lowest BCUT2D eigenvalue weighted by atomic mass is 10.2. The molecule has 0 aliphatic carbocycles. The molecule has 0 atom stereocenters. The first-order valence-electron chi connectivity index (χ1n) is 10.6. The van der Waals surface area contributed by atoms with Gasteiger partial charge in [0.05, 0.1) is 24.5 Å². The SMILES string of the molecule is COc1cc2c(cnn2COCC[Si](C)(C)C)cc1Nc1cc(Nc2ccncn2)ncn1. The molecule has 0 aliphatic rings. The standard InChI is InChI=1S/C22H28N8O2Si/c1-31-19-10-18-16(12-27-30(18)15-32-7-8-33(2,3)4)9-17(19)28-21-11-22(26-14-25-21)29-20-5-6-23-13-24-20/h5-6,9-14H,7-8,15H2,1-4H3,(H2,23,24,25,26,28,29). The van der Waals surface area contributed by atoms with Crippen molar-refractivity contribution in [3.05, 3.63) is 49.3 Å². The molecule has 0 fully saturated rings. The highest BCUT2D eigenvalue weighted by Gasteiger charge is 2.14. The zero-order chi connectivity index (χ0) is 23.3. The Morgan fingerprint density at radius 3 is 2.48 bits per heavy atom. The van der Waals surface area contributed by atoms with Crippen LogP contribution in [0.25, 0.3) is 10.9 Å². The van der Waals surface area contributed by atoms with Gasteiger partial charge in [-0.1, -0.05) is 19.6 Å². The van der Waals surface area contributed by atoms with E-state index in [4.69, 9.17) is 9.47 Å². The fraction of sp³-hybridized carbons (Fsp3) is 0.318. The van der Waals surface area contributed by atoms with E-state index >= 15 is 0 Å². The van der Waals surface area contributed by atoms with Crippen LogP contribution >= 0.6 is 0 Å². The van der Waals surface area contributed by atoms with Crippen molar-refractivity contribution < 1.29 is 9.47 Å². The van der Waals surface area contributed by atoms with Gasteiger partial charge in [-0.05, 0) is 18.2 Å². The largest absolute Gasteiger partial charge is 0.494 e. The number of nitrogens with zero attached hydrogens (tertiary/aromatic N) is 6. The van der Waals surface area contributed by atoms with Crippen LogP contribution in [0.4, 0.5) is 23.1 Å². The second kappa shape index (κ2) is 9.92. The molecule has 0 aliphatic heterocycles. The van der Waals surface area contributed by atoms with Gasteiger partial charge in [-0.25, -0.2) is 24.6 Å². The van der Waals surface area contributed by atoms with Crippen LogP contribution in [-0.2, 0) is 11.5 Å². The average Bonchev–Trinajstić information content (AvgIpc) is 3.18. The first-order valence-corrected chi connectivity index (χ1v) is 14.4. The number of hydrogen-bond donors (Lipinski definition) is 2. The monoisotopic (exact) mass is 464 g/mol. The molecule has 0 bridgehead atoms. The van der Waals surface area contributed by atoms with Gasteiger partial charge in [-0.15, -0.1) is 0 Å². The minimum atomic E-state index is -1.12. The van der Waals surface area contributed by atoms with Crippen LogP contribution in [0.1, 0.15) is 0 Å². The number of aromatic nitrogens is 6. The predicted molar refractivity (Wildman–Crippen MR) is 131 cm³/mol. The minimum absolute atomic E-state index is 0.411. The van der Waals surface area contributed by atoms with Crippen LogP contribution in [0.3, 0.4) is 0 Å². The number of ether oxygens (including phenoxy) is 2. The summed E-state index contributed by atoms with van der Waals surface area (Å²) in [4.78, 5) is 16.6. The molecule has 1 aromatic carbocycles. The second-order valence-corrected chi connectivity index (χ2v) is 14.4. The zero-order valence-corrected chi connectivity index (χ0v) is 20.2. The highest BCUT2D eigenvalue weighted by Crippen LogP contribution is 2.32. The van der Waals surface area contributed by atoms with E-state index < -0.39 is 8.07 Å². The maximum atomic E-state index is 5.87. The Balaban J connectivity index is 1.50. The molecule has 33 heavy (non-hydrogen) atoms. The molecule has 0 amide bonds. The van der Waals surface area contributed by atoms with E-state index in [0.717, 1.165) is 29.2 Å². The Labute approximate surface area is 193 Å². The fourth-order valence-corrected chi connectivity index (χ4v) is 3.89. The Kier molecular flexibility index (Phi) is 6.80. The lowest BCUT2D eigenvalue weighted by Gasteiger charge is -2.15. The molecule has 4 rings (SSSR count). The first-order chi connectivity index (χ1) is 15.9. The van der Waals surface area contributed by atoms with E-state index in [1.807, 2.05) is 23.0 Å². The van der Waals surface area contributed by atoms with Crippen LogP contribution in [-0.4, -0.2) is 51.5 Å². The van der Waals surface area contributed by atoms with Gasteiger partial charge in [0.15, 0.2) is 0 Å². The molecule has 172 valence electrons. The van der Waals surface area contributed by atoms with Crippen LogP contribution in [0.15, 0.2) is 49.3 Å². The van der Waals surface area contributed by atoms with Crippen molar-refractivity contribution in [3.63, 3.8) is 0 Å². The third-order valence-corrected chi connectivity index (χ3v) is 6.65. The van der Waals surface area contributed by atoms with E-state index in [1.165, 1.54) is 12.7 Å². The van der Waals surface area contributed by atoms with Gasteiger partial charge in [0.1, 0.15) is 42.6 Å². The number of fused-ring (bicyclic) bond motifs is 1. The van der Waals surface area contributed by atoms with Crippen LogP contribution < -0.4 is 15.4 Å². The van der Waals surface area contributed by atoms with Gasteiger partial charge in [0.2, 0.25) is 0 Å². The molecule has 2 N–H and O–H groups in total. The van der Waals surface area contributed by atoms with Gasteiger partial charge in [-0.3, -0.25) is 0 Å². The maximum Gasteiger partial charge on any atom is 0.144 e. The molecule has 0 radical (unpaired) electrons. The van der Waals surface area contributed by atoms with Crippen molar-refractivity contribution >= 4 is 42.1 Å². The highest BCUT2D eigenvalue weighted by atomic mass is 28.3. The number of benzene rings is 1. The second-order valence-electron chi connectivity index (χ2n) is 8.74. The lowest BCUT2D eigenvalue weighted by molar-refractivity contribution is 0.0817. The molecule has 4 aromatic rings. The summed E-state index contributed by atoms with van der Waals surface area (Å²) in [6, 6.07) is 8.61. The number of rotatable bonds is 10. The molecule has 0 saturated carbocycles. The highest BCUT2D eigenvalue weighted by molar-refractivity contribution is 6.76. The van der Waals surface area contributed by atoms with Gasteiger partial charge in [-0.2, -0.15) is 5.10 Å². The molecular weight excluding hydrogens is 436 g/mol. The lowest BCUT2D eigenvalue weighted by Crippen LogP contribution is -2.22. The summed E-state index contributed by atoms with van der Waals surface area (Å²) in [6.45, 7) is 8.17. The predicted octanol–water partition coefficient (Wildman–Crippen LogP) is 4.42. The van der Waals surface area contributed by atoms with Gasteiger partial charge >= 0.3 is 0 Å². The minimum Gasteiger partial charge on any atom is -0.494 e. The molecule has 3 heterocycles. The maximum absolute atomic E-state index is 5.87. The van der Waals surface area contributed by atoms with Gasteiger partial charge in [0, 0.05) is 38.4 Å². The first kappa shape index (κ1) is 22.6. The number of methoxy groups -OCH3 is 1. The smallest absolute Gasteiger partial charge is 0.144 e. The summed E-state index contributed by atoms with van der Waals surface area (Å²) in [7, 11) is 0.516. The summed E-state index contributed by atoms with van der Waals surface area (Å²) in [5, 5.41) is 11.9. The molecule has 3 aromatic heterocycles. The van der Waals surface area contributed by atoms with Crippen LogP contribution in [0.2, 0.25) is 25.7 Å². The van der Waals surface area contributed by atoms with Gasteiger partial charge < -0.3 is 20.1 Å². The topological polar surface area (TPSA) is 112 Å². The van der Waals surface area contributed by atoms with Crippen LogP contribution in [0.5, 0.6) is 5.75 Å². The molecular formula is C22H28N8O2Si. The van der Waals surface area contributed by atoms with Crippen molar-refractivity contribution in [2.24, 2.45) is 0 Å². The van der Waals surface area contributed by atoms with Gasteiger partial charge in [0.25, 0.3) is 0 Å². The Hall–Kier alpha value is -3.57. The molecule has 11 heteroatoms. The Morgan fingerprint density at radius 1 is 0.970 bits per heavy atom. The van der Waals surface area contributed by atoms with E-state index in [2.05, 4.69) is 55.3 Å². The fourth-order valence-electron chi connectivity index (χ4n) is 3.13. The third-order valence-electron chi connectivity index (χ3n) is 4.94. The van der Waals surface area contributed by atoms with Crippen molar-refractivity contribution in [1.82, 2.24) is 29.7 Å².